The molecular formula is C16H13N5O3S. The van der Waals surface area contributed by atoms with Crippen molar-refractivity contribution in [3.63, 3.8) is 0 Å². The summed E-state index contributed by atoms with van der Waals surface area (Å²) in [6.07, 6.45) is 1.49. The van der Waals surface area contributed by atoms with E-state index < -0.39 is 4.92 Å². The number of nitrogens with zero attached hydrogens (tertiary/aromatic N) is 4. The van der Waals surface area contributed by atoms with Gasteiger partial charge in [0.15, 0.2) is 5.82 Å². The van der Waals surface area contributed by atoms with Gasteiger partial charge in [-0.3, -0.25) is 10.1 Å². The summed E-state index contributed by atoms with van der Waals surface area (Å²) < 4.78 is 6.96. The van der Waals surface area contributed by atoms with Gasteiger partial charge in [0.05, 0.1) is 18.2 Å². The smallest absolute Gasteiger partial charge is 0.270 e. The number of aromatic amines is 1. The molecule has 25 heavy (non-hydrogen) atoms. The Bertz CT molecular complexity index is 1010. The van der Waals surface area contributed by atoms with Crippen LogP contribution in [-0.2, 0) is 0 Å². The molecule has 3 aromatic rings. The quantitative estimate of drug-likeness (QED) is 0.327. The average molecular weight is 355 g/mol. The molecule has 0 aliphatic rings. The van der Waals surface area contributed by atoms with Crippen molar-refractivity contribution in [1.29, 1.82) is 0 Å². The Morgan fingerprint density at radius 3 is 2.88 bits per heavy atom. The monoisotopic (exact) mass is 355 g/mol. The zero-order valence-electron chi connectivity index (χ0n) is 13.1. The van der Waals surface area contributed by atoms with Gasteiger partial charge in [0.1, 0.15) is 5.75 Å². The number of methoxy groups -OCH3 is 1. The van der Waals surface area contributed by atoms with E-state index in [0.717, 1.165) is 5.56 Å². The summed E-state index contributed by atoms with van der Waals surface area (Å²) in [7, 11) is 1.58. The van der Waals surface area contributed by atoms with Crippen LogP contribution in [0.25, 0.3) is 11.4 Å². The van der Waals surface area contributed by atoms with Crippen LogP contribution in [0.2, 0.25) is 0 Å². The van der Waals surface area contributed by atoms with Crippen molar-refractivity contribution in [2.75, 3.05) is 7.11 Å². The summed E-state index contributed by atoms with van der Waals surface area (Å²) in [5.41, 5.74) is 1.34. The molecule has 0 atom stereocenters. The maximum atomic E-state index is 10.9. The topological polar surface area (TPSA) is 98.3 Å². The number of nitrogens with one attached hydrogen (secondary N) is 1. The molecule has 0 saturated heterocycles. The first-order valence-electron chi connectivity index (χ1n) is 7.19. The van der Waals surface area contributed by atoms with Crippen LogP contribution in [0.4, 0.5) is 5.69 Å². The first-order chi connectivity index (χ1) is 12.1. The van der Waals surface area contributed by atoms with Crippen LogP contribution in [0.3, 0.4) is 0 Å². The van der Waals surface area contributed by atoms with Gasteiger partial charge in [-0.1, -0.05) is 24.3 Å². The summed E-state index contributed by atoms with van der Waals surface area (Å²) in [4.78, 5) is 10.4. The van der Waals surface area contributed by atoms with Crippen molar-refractivity contribution in [3.05, 3.63) is 69.0 Å². The van der Waals surface area contributed by atoms with Crippen LogP contribution < -0.4 is 4.74 Å². The van der Waals surface area contributed by atoms with Crippen LogP contribution in [0.5, 0.6) is 5.75 Å². The molecule has 9 heteroatoms. The Kier molecular flexibility index (Phi) is 4.66. The Hall–Kier alpha value is -3.33. The maximum absolute atomic E-state index is 10.9. The van der Waals surface area contributed by atoms with Gasteiger partial charge in [0.25, 0.3) is 5.69 Å². The second-order valence-electron chi connectivity index (χ2n) is 4.99. The third-order valence-corrected chi connectivity index (χ3v) is 3.65. The molecule has 0 aliphatic carbocycles. The molecule has 0 saturated carbocycles. The van der Waals surface area contributed by atoms with Crippen molar-refractivity contribution < 1.29 is 9.66 Å². The molecule has 0 unspecified atom stereocenters. The molecule has 0 radical (unpaired) electrons. The van der Waals surface area contributed by atoms with Gasteiger partial charge < -0.3 is 4.74 Å². The SMILES string of the molecule is COc1cccc(-c2n[nH]c(=S)n2/N=C/c2cccc([N+](=O)[O-])c2)c1. The van der Waals surface area contributed by atoms with Gasteiger partial charge in [-0.2, -0.15) is 14.9 Å². The molecule has 126 valence electrons. The summed E-state index contributed by atoms with van der Waals surface area (Å²) >= 11 is 5.21. The van der Waals surface area contributed by atoms with Crippen molar-refractivity contribution in [1.82, 2.24) is 14.9 Å². The summed E-state index contributed by atoms with van der Waals surface area (Å²) in [6, 6.07) is 13.5. The van der Waals surface area contributed by atoms with Gasteiger partial charge >= 0.3 is 0 Å². The van der Waals surface area contributed by atoms with E-state index >= 15 is 0 Å². The third kappa shape index (κ3) is 3.61. The van der Waals surface area contributed by atoms with Gasteiger partial charge in [-0.25, -0.2) is 5.10 Å². The Morgan fingerprint density at radius 2 is 2.12 bits per heavy atom. The summed E-state index contributed by atoms with van der Waals surface area (Å²) in [5.74, 6) is 1.19. The number of nitro benzene ring substituents is 1. The van der Waals surface area contributed by atoms with E-state index in [4.69, 9.17) is 17.0 Å². The van der Waals surface area contributed by atoms with Crippen molar-refractivity contribution >= 4 is 24.1 Å². The zero-order valence-corrected chi connectivity index (χ0v) is 13.9. The lowest BCUT2D eigenvalue weighted by Crippen LogP contribution is -1.96. The maximum Gasteiger partial charge on any atom is 0.270 e. The Morgan fingerprint density at radius 1 is 1.32 bits per heavy atom. The van der Waals surface area contributed by atoms with E-state index in [0.29, 0.717) is 21.9 Å². The lowest BCUT2D eigenvalue weighted by atomic mass is 10.2. The van der Waals surface area contributed by atoms with E-state index in [9.17, 15) is 10.1 Å². The van der Waals surface area contributed by atoms with E-state index in [-0.39, 0.29) is 5.69 Å². The van der Waals surface area contributed by atoms with Crippen LogP contribution in [0.15, 0.2) is 53.6 Å². The first-order valence-corrected chi connectivity index (χ1v) is 7.60. The van der Waals surface area contributed by atoms with Crippen LogP contribution in [0, 0.1) is 14.9 Å². The van der Waals surface area contributed by atoms with Crippen molar-refractivity contribution in [3.8, 4) is 17.1 Å². The molecule has 8 nitrogen and oxygen atoms in total. The fraction of sp³-hybridized carbons (Fsp3) is 0.0625. The van der Waals surface area contributed by atoms with E-state index in [1.165, 1.54) is 23.0 Å². The standard InChI is InChI=1S/C16H13N5O3S/c1-24-14-7-3-5-12(9-14)15-18-19-16(25)20(15)17-10-11-4-2-6-13(8-11)21(22)23/h2-10H,1H3,(H,19,25)/b17-10+. The molecule has 0 bridgehead atoms. The summed E-state index contributed by atoms with van der Waals surface area (Å²) in [5, 5.41) is 22.0. The number of H-pyrrole nitrogens is 1. The lowest BCUT2D eigenvalue weighted by Gasteiger charge is -2.03. The Labute approximate surface area is 147 Å². The second kappa shape index (κ2) is 7.05. The largest absolute Gasteiger partial charge is 0.497 e. The predicted molar refractivity (Wildman–Crippen MR) is 95.5 cm³/mol. The van der Waals surface area contributed by atoms with E-state index in [2.05, 4.69) is 15.3 Å². The molecule has 0 spiro atoms. The number of aromatic nitrogens is 3. The van der Waals surface area contributed by atoms with Crippen LogP contribution in [-0.4, -0.2) is 33.1 Å². The van der Waals surface area contributed by atoms with E-state index in [1.807, 2.05) is 24.3 Å². The molecule has 2 aromatic carbocycles. The lowest BCUT2D eigenvalue weighted by molar-refractivity contribution is -0.384. The number of nitro groups is 1. The normalized spacial score (nSPS) is 10.9. The van der Waals surface area contributed by atoms with Gasteiger partial charge in [-0.15, -0.1) is 0 Å². The Balaban J connectivity index is 1.98. The van der Waals surface area contributed by atoms with Gasteiger partial charge in [0.2, 0.25) is 4.77 Å². The number of ether oxygens (including phenoxy) is 1. The molecule has 0 fully saturated rings. The molecular weight excluding hydrogens is 342 g/mol. The van der Waals surface area contributed by atoms with E-state index in [1.54, 1.807) is 19.2 Å². The highest BCUT2D eigenvalue weighted by molar-refractivity contribution is 7.71. The number of benzene rings is 2. The molecule has 1 heterocycles. The van der Waals surface area contributed by atoms with Crippen LogP contribution >= 0.6 is 12.2 Å². The number of rotatable bonds is 5. The number of non-ortho nitro benzene ring substituents is 1. The van der Waals surface area contributed by atoms with Crippen LogP contribution in [0.1, 0.15) is 5.56 Å². The fourth-order valence-electron chi connectivity index (χ4n) is 2.19. The minimum atomic E-state index is -0.456. The minimum absolute atomic E-state index is 0.00670. The first kappa shape index (κ1) is 16.5. The molecule has 1 N–H and O–H groups in total. The number of hydrogen-bond acceptors (Lipinski definition) is 6. The fourth-order valence-corrected chi connectivity index (χ4v) is 2.37. The minimum Gasteiger partial charge on any atom is -0.497 e. The number of hydrogen-bond donors (Lipinski definition) is 1. The molecule has 1 aromatic heterocycles. The summed E-state index contributed by atoms with van der Waals surface area (Å²) in [6.45, 7) is 0. The highest BCUT2D eigenvalue weighted by Crippen LogP contribution is 2.22. The molecule has 0 aliphatic heterocycles. The highest BCUT2D eigenvalue weighted by atomic mass is 32.1. The zero-order chi connectivity index (χ0) is 17.8. The van der Waals surface area contributed by atoms with Gasteiger partial charge in [0, 0.05) is 23.3 Å². The predicted octanol–water partition coefficient (Wildman–Crippen LogP) is 3.41. The molecule has 0 amide bonds. The van der Waals surface area contributed by atoms with Crippen molar-refractivity contribution in [2.24, 2.45) is 5.10 Å². The average Bonchev–Trinajstić information content (AvgIpc) is 3.01. The second-order valence-corrected chi connectivity index (χ2v) is 5.38. The highest BCUT2D eigenvalue weighted by Gasteiger charge is 2.09. The van der Waals surface area contributed by atoms with Gasteiger partial charge in [-0.05, 0) is 24.4 Å². The van der Waals surface area contributed by atoms with Crippen molar-refractivity contribution in [2.45, 2.75) is 0 Å². The third-order valence-electron chi connectivity index (χ3n) is 3.38. The molecule has 3 rings (SSSR count).